The molecule has 1 unspecified atom stereocenters. The van der Waals surface area contributed by atoms with Crippen LogP contribution in [0, 0.1) is 5.92 Å². The van der Waals surface area contributed by atoms with E-state index in [0.29, 0.717) is 41.5 Å². The summed E-state index contributed by atoms with van der Waals surface area (Å²) in [6, 6.07) is 2.97. The van der Waals surface area contributed by atoms with E-state index in [0.717, 1.165) is 0 Å². The summed E-state index contributed by atoms with van der Waals surface area (Å²) >= 11 is 12.2. The predicted molar refractivity (Wildman–Crippen MR) is 86.3 cm³/mol. The number of carbonyl (C=O) groups excluding carboxylic acids is 1. The van der Waals surface area contributed by atoms with Crippen molar-refractivity contribution in [2.24, 2.45) is 5.92 Å². The van der Waals surface area contributed by atoms with E-state index in [9.17, 15) is 9.90 Å². The van der Waals surface area contributed by atoms with Gasteiger partial charge in [0.05, 0.1) is 16.7 Å². The SMILES string of the molecule is CN(CCO)C(=O)CC1CN[C@@H](c2c(O)ccc(Cl)c2Cl)C1. The Bertz CT molecular complexity index is 554. The van der Waals surface area contributed by atoms with Crippen LogP contribution < -0.4 is 5.32 Å². The monoisotopic (exact) mass is 346 g/mol. The summed E-state index contributed by atoms with van der Waals surface area (Å²) in [5.41, 5.74) is 0.591. The molecule has 1 aliphatic heterocycles. The Morgan fingerprint density at radius 3 is 2.86 bits per heavy atom. The number of benzene rings is 1. The highest BCUT2D eigenvalue weighted by Crippen LogP contribution is 2.41. The fourth-order valence-electron chi connectivity index (χ4n) is 2.75. The molecule has 0 aliphatic carbocycles. The summed E-state index contributed by atoms with van der Waals surface area (Å²) in [5, 5.41) is 22.9. The van der Waals surface area contributed by atoms with Crippen LogP contribution in [0.2, 0.25) is 10.0 Å². The third kappa shape index (κ3) is 3.84. The van der Waals surface area contributed by atoms with E-state index in [-0.39, 0.29) is 30.2 Å². The molecular weight excluding hydrogens is 327 g/mol. The Balaban J connectivity index is 2.02. The number of nitrogens with one attached hydrogen (secondary N) is 1. The summed E-state index contributed by atoms with van der Waals surface area (Å²) in [5.74, 6) is 0.271. The number of halogens is 2. The van der Waals surface area contributed by atoms with Crippen molar-refractivity contribution in [2.45, 2.75) is 18.9 Å². The van der Waals surface area contributed by atoms with Crippen molar-refractivity contribution >= 4 is 29.1 Å². The molecule has 0 radical (unpaired) electrons. The summed E-state index contributed by atoms with van der Waals surface area (Å²) in [4.78, 5) is 13.5. The lowest BCUT2D eigenvalue weighted by Gasteiger charge is -2.18. The van der Waals surface area contributed by atoms with E-state index in [1.54, 1.807) is 13.1 Å². The number of phenols is 1. The highest BCUT2D eigenvalue weighted by molar-refractivity contribution is 6.42. The first kappa shape index (κ1) is 17.3. The van der Waals surface area contributed by atoms with Crippen LogP contribution in [0.15, 0.2) is 12.1 Å². The van der Waals surface area contributed by atoms with Crippen molar-refractivity contribution in [2.75, 3.05) is 26.7 Å². The quantitative estimate of drug-likeness (QED) is 0.764. The summed E-state index contributed by atoms with van der Waals surface area (Å²) < 4.78 is 0. The van der Waals surface area contributed by atoms with Gasteiger partial charge in [0.1, 0.15) is 5.75 Å². The van der Waals surface area contributed by atoms with Crippen molar-refractivity contribution in [1.29, 1.82) is 0 Å². The lowest BCUT2D eigenvalue weighted by Crippen LogP contribution is -2.31. The molecule has 122 valence electrons. The molecule has 0 aromatic heterocycles. The number of rotatable bonds is 5. The number of phenolic OH excluding ortho intramolecular Hbond substituents is 1. The lowest BCUT2D eigenvalue weighted by molar-refractivity contribution is -0.131. The number of likely N-dealkylation sites (N-methyl/N-ethyl adjacent to an activating group) is 1. The fourth-order valence-corrected chi connectivity index (χ4v) is 3.21. The van der Waals surface area contributed by atoms with Crippen molar-refractivity contribution in [3.8, 4) is 5.75 Å². The number of amides is 1. The zero-order valence-electron chi connectivity index (χ0n) is 12.4. The molecule has 2 rings (SSSR count). The van der Waals surface area contributed by atoms with E-state index in [1.807, 2.05) is 0 Å². The molecule has 7 heteroatoms. The summed E-state index contributed by atoms with van der Waals surface area (Å²) in [6.07, 6.45) is 1.10. The van der Waals surface area contributed by atoms with Crippen LogP contribution in [-0.4, -0.2) is 47.8 Å². The van der Waals surface area contributed by atoms with E-state index in [1.165, 1.54) is 11.0 Å². The Hall–Kier alpha value is -1.01. The molecule has 1 amide bonds. The first-order valence-corrected chi connectivity index (χ1v) is 7.94. The lowest BCUT2D eigenvalue weighted by atomic mass is 9.96. The number of nitrogens with zero attached hydrogens (tertiary/aromatic N) is 1. The normalized spacial score (nSPS) is 21.1. The Kier molecular flexibility index (Phi) is 5.92. The number of hydrogen-bond donors (Lipinski definition) is 3. The average molecular weight is 347 g/mol. The average Bonchev–Trinajstić information content (AvgIpc) is 2.92. The number of hydrogen-bond acceptors (Lipinski definition) is 4. The van der Waals surface area contributed by atoms with Gasteiger partial charge < -0.3 is 20.4 Å². The van der Waals surface area contributed by atoms with Gasteiger partial charge in [-0.05, 0) is 31.0 Å². The molecule has 1 aliphatic rings. The van der Waals surface area contributed by atoms with Crippen LogP contribution in [0.1, 0.15) is 24.4 Å². The van der Waals surface area contributed by atoms with Gasteiger partial charge in [-0.3, -0.25) is 4.79 Å². The second-order valence-electron chi connectivity index (χ2n) is 5.60. The Morgan fingerprint density at radius 2 is 2.18 bits per heavy atom. The second-order valence-corrected chi connectivity index (χ2v) is 6.38. The smallest absolute Gasteiger partial charge is 0.222 e. The Labute approximate surface area is 139 Å². The van der Waals surface area contributed by atoms with Crippen LogP contribution in [-0.2, 0) is 4.79 Å². The van der Waals surface area contributed by atoms with Gasteiger partial charge in [-0.1, -0.05) is 23.2 Å². The zero-order chi connectivity index (χ0) is 16.3. The maximum Gasteiger partial charge on any atom is 0.222 e. The second kappa shape index (κ2) is 7.51. The van der Waals surface area contributed by atoms with Crippen LogP contribution in [0.25, 0.3) is 0 Å². The van der Waals surface area contributed by atoms with Crippen molar-refractivity contribution in [1.82, 2.24) is 10.2 Å². The van der Waals surface area contributed by atoms with Gasteiger partial charge in [0.25, 0.3) is 0 Å². The van der Waals surface area contributed by atoms with E-state index < -0.39 is 0 Å². The summed E-state index contributed by atoms with van der Waals surface area (Å²) in [7, 11) is 1.68. The molecule has 1 aromatic carbocycles. The van der Waals surface area contributed by atoms with Gasteiger partial charge in [-0.25, -0.2) is 0 Å². The molecule has 2 atom stereocenters. The standard InChI is InChI=1S/C15H20Cl2N2O3/c1-19(4-5-20)13(22)7-9-6-11(18-8-9)14-12(21)3-2-10(16)15(14)17/h2-3,9,11,18,20-21H,4-8H2,1H3/t9?,11-/m1/s1. The molecule has 3 N–H and O–H groups in total. The first-order chi connectivity index (χ1) is 10.4. The highest BCUT2D eigenvalue weighted by atomic mass is 35.5. The zero-order valence-corrected chi connectivity index (χ0v) is 13.9. The van der Waals surface area contributed by atoms with Crippen LogP contribution >= 0.6 is 23.2 Å². The maximum absolute atomic E-state index is 12.0. The summed E-state index contributed by atoms with van der Waals surface area (Å²) in [6.45, 7) is 0.967. The third-order valence-electron chi connectivity index (χ3n) is 4.00. The van der Waals surface area contributed by atoms with Gasteiger partial charge in [0.15, 0.2) is 0 Å². The first-order valence-electron chi connectivity index (χ1n) is 7.19. The molecule has 1 heterocycles. The van der Waals surface area contributed by atoms with Gasteiger partial charge in [0, 0.05) is 31.6 Å². The van der Waals surface area contributed by atoms with Gasteiger partial charge in [0.2, 0.25) is 5.91 Å². The molecule has 1 saturated heterocycles. The highest BCUT2D eigenvalue weighted by Gasteiger charge is 2.31. The molecule has 1 fully saturated rings. The molecule has 22 heavy (non-hydrogen) atoms. The van der Waals surface area contributed by atoms with E-state index in [2.05, 4.69) is 5.32 Å². The minimum Gasteiger partial charge on any atom is -0.508 e. The molecular formula is C15H20Cl2N2O3. The topological polar surface area (TPSA) is 72.8 Å². The minimum absolute atomic E-state index is 0.00270. The van der Waals surface area contributed by atoms with Crippen molar-refractivity contribution in [3.63, 3.8) is 0 Å². The van der Waals surface area contributed by atoms with E-state index >= 15 is 0 Å². The minimum atomic E-state index is -0.118. The number of carbonyl (C=O) groups is 1. The van der Waals surface area contributed by atoms with Gasteiger partial charge in [-0.15, -0.1) is 0 Å². The largest absolute Gasteiger partial charge is 0.508 e. The van der Waals surface area contributed by atoms with Crippen LogP contribution in [0.5, 0.6) is 5.75 Å². The number of aromatic hydroxyl groups is 1. The van der Waals surface area contributed by atoms with Gasteiger partial charge >= 0.3 is 0 Å². The molecule has 0 saturated carbocycles. The molecule has 0 bridgehead atoms. The molecule has 0 spiro atoms. The number of aliphatic hydroxyl groups excluding tert-OH is 1. The van der Waals surface area contributed by atoms with Crippen LogP contribution in [0.3, 0.4) is 0 Å². The van der Waals surface area contributed by atoms with Gasteiger partial charge in [-0.2, -0.15) is 0 Å². The Morgan fingerprint density at radius 1 is 1.45 bits per heavy atom. The molecule has 1 aromatic rings. The van der Waals surface area contributed by atoms with Crippen molar-refractivity contribution < 1.29 is 15.0 Å². The molecule has 5 nitrogen and oxygen atoms in total. The van der Waals surface area contributed by atoms with Crippen molar-refractivity contribution in [3.05, 3.63) is 27.7 Å². The number of aliphatic hydroxyl groups is 1. The maximum atomic E-state index is 12.0. The third-order valence-corrected chi connectivity index (χ3v) is 4.82. The van der Waals surface area contributed by atoms with E-state index in [4.69, 9.17) is 28.3 Å². The predicted octanol–water partition coefficient (Wildman–Crippen LogP) is 2.19. The fraction of sp³-hybridized carbons (Fsp3) is 0.533. The van der Waals surface area contributed by atoms with Crippen LogP contribution in [0.4, 0.5) is 0 Å².